The summed E-state index contributed by atoms with van der Waals surface area (Å²) < 4.78 is 0. The first-order valence-electron chi connectivity index (χ1n) is 5.22. The van der Waals surface area contributed by atoms with Crippen LogP contribution in [0.4, 0.5) is 4.79 Å². The molecule has 4 N–H and O–H groups in total. The summed E-state index contributed by atoms with van der Waals surface area (Å²) >= 11 is 0. The third-order valence-corrected chi connectivity index (χ3v) is 2.85. The van der Waals surface area contributed by atoms with Gasteiger partial charge < -0.3 is 15.4 Å². The van der Waals surface area contributed by atoms with Gasteiger partial charge in [0, 0.05) is 11.9 Å². The van der Waals surface area contributed by atoms with E-state index >= 15 is 0 Å². The molecule has 8 heteroatoms. The average molecular weight is 252 g/mol. The summed E-state index contributed by atoms with van der Waals surface area (Å²) in [7, 11) is 0. The third-order valence-electron chi connectivity index (χ3n) is 2.85. The number of aliphatic hydroxyl groups is 1. The summed E-state index contributed by atoms with van der Waals surface area (Å²) in [4.78, 5) is 40.0. The van der Waals surface area contributed by atoms with E-state index in [9.17, 15) is 19.5 Å². The lowest BCUT2D eigenvalue weighted by molar-refractivity contribution is -0.142. The van der Waals surface area contributed by atoms with Crippen LogP contribution in [-0.2, 0) is 4.79 Å². The average Bonchev–Trinajstić information content (AvgIpc) is 2.27. The number of hydrogen-bond donors (Lipinski definition) is 4. The maximum absolute atomic E-state index is 11.6. The van der Waals surface area contributed by atoms with E-state index in [2.05, 4.69) is 15.3 Å². The first-order valence-corrected chi connectivity index (χ1v) is 5.22. The molecule has 1 fully saturated rings. The minimum Gasteiger partial charge on any atom is -0.378 e. The van der Waals surface area contributed by atoms with Gasteiger partial charge in [0.1, 0.15) is 6.04 Å². The Kier molecular flexibility index (Phi) is 2.66. The van der Waals surface area contributed by atoms with E-state index in [1.165, 1.54) is 13.1 Å². The molecule has 0 aliphatic carbocycles. The van der Waals surface area contributed by atoms with Gasteiger partial charge >= 0.3 is 11.7 Å². The van der Waals surface area contributed by atoms with Gasteiger partial charge in [0.05, 0.1) is 0 Å². The summed E-state index contributed by atoms with van der Waals surface area (Å²) in [6.45, 7) is 2.90. The molecule has 96 valence electrons. The number of nitrogens with one attached hydrogen (secondary N) is 3. The summed E-state index contributed by atoms with van der Waals surface area (Å²) in [5.41, 5.74) is -1.67. The highest BCUT2D eigenvalue weighted by Gasteiger charge is 2.46. The normalized spacial score (nSPS) is 27.6. The van der Waals surface area contributed by atoms with Crippen molar-refractivity contribution in [2.24, 2.45) is 0 Å². The molecule has 8 nitrogen and oxygen atoms in total. The Labute approximate surface area is 101 Å². The van der Waals surface area contributed by atoms with E-state index in [1.807, 2.05) is 5.32 Å². The van der Waals surface area contributed by atoms with Gasteiger partial charge in [-0.3, -0.25) is 10.1 Å². The number of amides is 3. The molecule has 2 heterocycles. The van der Waals surface area contributed by atoms with Gasteiger partial charge in [-0.25, -0.2) is 14.6 Å². The predicted molar refractivity (Wildman–Crippen MR) is 59.6 cm³/mol. The Morgan fingerprint density at radius 2 is 2.06 bits per heavy atom. The van der Waals surface area contributed by atoms with Crippen molar-refractivity contribution in [3.8, 4) is 0 Å². The summed E-state index contributed by atoms with van der Waals surface area (Å²) in [5.74, 6) is -0.826. The second-order valence-electron chi connectivity index (χ2n) is 4.29. The zero-order chi connectivity index (χ0) is 13.5. The molecule has 18 heavy (non-hydrogen) atoms. The second kappa shape index (κ2) is 3.91. The van der Waals surface area contributed by atoms with Crippen LogP contribution in [-0.4, -0.2) is 32.6 Å². The summed E-state index contributed by atoms with van der Waals surface area (Å²) in [6.07, 6.45) is 1.31. The van der Waals surface area contributed by atoms with Crippen LogP contribution < -0.4 is 16.3 Å². The number of aromatic nitrogens is 2. The van der Waals surface area contributed by atoms with E-state index in [-0.39, 0.29) is 5.69 Å². The molecule has 2 atom stereocenters. The molecule has 1 aromatic rings. The van der Waals surface area contributed by atoms with Gasteiger partial charge in [-0.2, -0.15) is 0 Å². The number of urea groups is 1. The maximum atomic E-state index is 11.6. The number of carbonyl (C=O) groups is 2. The fraction of sp³-hybridized carbons (Fsp3) is 0.400. The number of rotatable bonds is 1. The Morgan fingerprint density at radius 3 is 2.72 bits per heavy atom. The first-order chi connectivity index (χ1) is 8.32. The highest BCUT2D eigenvalue weighted by molar-refractivity contribution is 6.02. The van der Waals surface area contributed by atoms with Gasteiger partial charge in [-0.1, -0.05) is 0 Å². The van der Waals surface area contributed by atoms with Gasteiger partial charge in [-0.15, -0.1) is 0 Å². The summed E-state index contributed by atoms with van der Waals surface area (Å²) in [6, 6.07) is -1.76. The monoisotopic (exact) mass is 252 g/mol. The largest absolute Gasteiger partial charge is 0.378 e. The Morgan fingerprint density at radius 1 is 1.39 bits per heavy atom. The van der Waals surface area contributed by atoms with Crippen molar-refractivity contribution in [2.45, 2.75) is 25.5 Å². The number of hydrogen-bond acceptors (Lipinski definition) is 5. The fourth-order valence-corrected chi connectivity index (χ4v) is 1.79. The fourth-order valence-electron chi connectivity index (χ4n) is 1.79. The third kappa shape index (κ3) is 1.86. The standard InChI is InChI=1S/C10H12N4O4/c1-4-3-11-8(16)12-5(4)6-10(2,18)7(15)14-9(17)13-6/h3,6,18H,1-2H3,(H,11,12,16)(H2,13,14,15,17)/t6-,10+/m0/s1. The van der Waals surface area contributed by atoms with Gasteiger partial charge in [0.2, 0.25) is 0 Å². The van der Waals surface area contributed by atoms with Crippen molar-refractivity contribution in [3.63, 3.8) is 0 Å². The van der Waals surface area contributed by atoms with Crippen LogP contribution in [0.3, 0.4) is 0 Å². The smallest absolute Gasteiger partial charge is 0.345 e. The Balaban J connectivity index is 2.53. The number of carbonyl (C=O) groups excluding carboxylic acids is 2. The molecule has 0 aromatic carbocycles. The van der Waals surface area contributed by atoms with Crippen molar-refractivity contribution >= 4 is 11.9 Å². The van der Waals surface area contributed by atoms with Crippen LogP contribution in [0.2, 0.25) is 0 Å². The molecule has 0 radical (unpaired) electrons. The zero-order valence-corrected chi connectivity index (χ0v) is 9.77. The van der Waals surface area contributed by atoms with E-state index < -0.39 is 29.3 Å². The van der Waals surface area contributed by atoms with Crippen LogP contribution in [0, 0.1) is 6.92 Å². The van der Waals surface area contributed by atoms with Crippen LogP contribution in [0.1, 0.15) is 24.2 Å². The van der Waals surface area contributed by atoms with Crippen molar-refractivity contribution in [1.82, 2.24) is 20.6 Å². The van der Waals surface area contributed by atoms with Gasteiger partial charge in [0.15, 0.2) is 5.60 Å². The van der Waals surface area contributed by atoms with Crippen molar-refractivity contribution in [3.05, 3.63) is 27.9 Å². The molecule has 0 bridgehead atoms. The van der Waals surface area contributed by atoms with Crippen LogP contribution >= 0.6 is 0 Å². The lowest BCUT2D eigenvalue weighted by Crippen LogP contribution is -2.63. The van der Waals surface area contributed by atoms with Crippen molar-refractivity contribution < 1.29 is 14.7 Å². The quantitative estimate of drug-likeness (QED) is 0.495. The topological polar surface area (TPSA) is 124 Å². The number of imide groups is 1. The van der Waals surface area contributed by atoms with E-state index in [0.717, 1.165) is 0 Å². The molecule has 1 aliphatic rings. The van der Waals surface area contributed by atoms with Crippen molar-refractivity contribution in [1.29, 1.82) is 0 Å². The molecule has 0 spiro atoms. The first kappa shape index (κ1) is 12.2. The summed E-state index contributed by atoms with van der Waals surface area (Å²) in [5, 5.41) is 14.5. The molecule has 0 unspecified atom stereocenters. The molecule has 2 rings (SSSR count). The number of aryl methyl sites for hydroxylation is 1. The highest BCUT2D eigenvalue weighted by atomic mass is 16.3. The second-order valence-corrected chi connectivity index (χ2v) is 4.29. The zero-order valence-electron chi connectivity index (χ0n) is 9.77. The lowest BCUT2D eigenvalue weighted by Gasteiger charge is -2.36. The maximum Gasteiger partial charge on any atom is 0.345 e. The van der Waals surface area contributed by atoms with Gasteiger partial charge in [0.25, 0.3) is 5.91 Å². The molecular weight excluding hydrogens is 240 g/mol. The van der Waals surface area contributed by atoms with E-state index in [1.54, 1.807) is 6.92 Å². The minimum atomic E-state index is -1.86. The Hall–Kier alpha value is -2.22. The van der Waals surface area contributed by atoms with Crippen LogP contribution in [0.15, 0.2) is 11.0 Å². The van der Waals surface area contributed by atoms with E-state index in [4.69, 9.17) is 0 Å². The number of H-pyrrole nitrogens is 1. The van der Waals surface area contributed by atoms with Crippen molar-refractivity contribution in [2.75, 3.05) is 0 Å². The molecule has 3 amide bonds. The lowest BCUT2D eigenvalue weighted by atomic mass is 9.89. The minimum absolute atomic E-state index is 0.253. The van der Waals surface area contributed by atoms with E-state index in [0.29, 0.717) is 5.56 Å². The van der Waals surface area contributed by atoms with Crippen LogP contribution in [0.25, 0.3) is 0 Å². The van der Waals surface area contributed by atoms with Crippen LogP contribution in [0.5, 0.6) is 0 Å². The molecular formula is C10H12N4O4. The predicted octanol–water partition coefficient (Wildman–Crippen LogP) is -1.29. The number of nitrogens with zero attached hydrogens (tertiary/aromatic N) is 1. The number of aromatic amines is 1. The molecule has 1 aliphatic heterocycles. The Bertz CT molecular complexity index is 577. The SMILES string of the molecule is Cc1cnc(=O)[nH]c1[C@@H]1NC(=O)NC(=O)[C@]1(C)O. The molecule has 1 aromatic heterocycles. The molecule has 0 saturated carbocycles. The molecule has 1 saturated heterocycles. The van der Waals surface area contributed by atoms with Gasteiger partial charge in [-0.05, 0) is 19.4 Å². The highest BCUT2D eigenvalue weighted by Crippen LogP contribution is 2.28.